The van der Waals surface area contributed by atoms with E-state index in [1.807, 2.05) is 13.8 Å². The van der Waals surface area contributed by atoms with Crippen molar-refractivity contribution >= 4 is 17.9 Å². The summed E-state index contributed by atoms with van der Waals surface area (Å²) in [5, 5.41) is 13.7. The Hall–Kier alpha value is -1.83. The van der Waals surface area contributed by atoms with Crippen molar-refractivity contribution in [3.05, 3.63) is 0 Å². The highest BCUT2D eigenvalue weighted by atomic mass is 16.5. The first-order valence-corrected chi connectivity index (χ1v) is 7.00. The van der Waals surface area contributed by atoms with Crippen LogP contribution in [0.15, 0.2) is 0 Å². The Morgan fingerprint density at radius 2 is 1.86 bits per heavy atom. The molecule has 0 aliphatic carbocycles. The number of hydrogen-bond acceptors (Lipinski definition) is 4. The molecule has 1 unspecified atom stereocenters. The normalized spacial score (nSPS) is 11.6. The molecule has 1 atom stereocenters. The molecule has 3 amide bonds. The van der Waals surface area contributed by atoms with Gasteiger partial charge in [-0.2, -0.15) is 0 Å². The highest BCUT2D eigenvalue weighted by molar-refractivity contribution is 5.83. The van der Waals surface area contributed by atoms with Crippen LogP contribution in [0.3, 0.4) is 0 Å². The lowest BCUT2D eigenvalue weighted by Crippen LogP contribution is -2.47. The van der Waals surface area contributed by atoms with Gasteiger partial charge in [0.1, 0.15) is 6.04 Å². The minimum Gasteiger partial charge on any atom is -0.480 e. The first-order valence-electron chi connectivity index (χ1n) is 7.00. The van der Waals surface area contributed by atoms with Crippen LogP contribution < -0.4 is 10.6 Å². The Labute approximate surface area is 124 Å². The lowest BCUT2D eigenvalue weighted by atomic mass is 10.2. The summed E-state index contributed by atoms with van der Waals surface area (Å²) < 4.78 is 4.78. The number of aliphatic carboxylic acids is 1. The number of carbonyl (C=O) groups is 3. The van der Waals surface area contributed by atoms with Crippen molar-refractivity contribution in [1.82, 2.24) is 15.5 Å². The van der Waals surface area contributed by atoms with Crippen LogP contribution in [0.2, 0.25) is 0 Å². The van der Waals surface area contributed by atoms with E-state index in [1.54, 1.807) is 4.90 Å². The first-order chi connectivity index (χ1) is 9.96. The molecule has 0 radical (unpaired) electrons. The summed E-state index contributed by atoms with van der Waals surface area (Å²) in [4.78, 5) is 35.9. The van der Waals surface area contributed by atoms with Crippen molar-refractivity contribution in [1.29, 1.82) is 0 Å². The molecule has 0 aromatic carbocycles. The van der Waals surface area contributed by atoms with Crippen LogP contribution in [0.25, 0.3) is 0 Å². The van der Waals surface area contributed by atoms with Gasteiger partial charge in [-0.05, 0) is 13.8 Å². The summed E-state index contributed by atoms with van der Waals surface area (Å²) in [6.07, 6.45) is 0.364. The molecular weight excluding hydrogens is 278 g/mol. The molecule has 0 aromatic heterocycles. The molecule has 0 saturated carbocycles. The smallest absolute Gasteiger partial charge is 0.326 e. The van der Waals surface area contributed by atoms with E-state index in [9.17, 15) is 14.4 Å². The molecule has 0 fully saturated rings. The number of urea groups is 1. The molecular formula is C13H25N3O5. The molecule has 122 valence electrons. The molecule has 0 aliphatic heterocycles. The Bertz CT molecular complexity index is 345. The third-order valence-electron chi connectivity index (χ3n) is 2.95. The summed E-state index contributed by atoms with van der Waals surface area (Å²) >= 11 is 0. The molecule has 0 aromatic rings. The summed E-state index contributed by atoms with van der Waals surface area (Å²) in [5.41, 5.74) is 0. The fourth-order valence-electron chi connectivity index (χ4n) is 1.72. The number of carboxylic acids is 1. The fraction of sp³-hybridized carbons (Fsp3) is 0.769. The number of nitrogens with one attached hydrogen (secondary N) is 2. The Morgan fingerprint density at radius 3 is 2.33 bits per heavy atom. The van der Waals surface area contributed by atoms with Crippen LogP contribution in [0.5, 0.6) is 0 Å². The van der Waals surface area contributed by atoms with Crippen LogP contribution in [0.1, 0.15) is 26.7 Å². The fourth-order valence-corrected chi connectivity index (χ4v) is 1.72. The van der Waals surface area contributed by atoms with Crippen LogP contribution in [-0.4, -0.2) is 67.3 Å². The van der Waals surface area contributed by atoms with E-state index in [4.69, 9.17) is 9.84 Å². The van der Waals surface area contributed by atoms with E-state index in [2.05, 4.69) is 10.6 Å². The van der Waals surface area contributed by atoms with E-state index in [-0.39, 0.29) is 31.9 Å². The van der Waals surface area contributed by atoms with Crippen LogP contribution in [0, 0.1) is 0 Å². The molecule has 21 heavy (non-hydrogen) atoms. The largest absolute Gasteiger partial charge is 0.480 e. The molecule has 8 heteroatoms. The van der Waals surface area contributed by atoms with Gasteiger partial charge < -0.3 is 25.4 Å². The van der Waals surface area contributed by atoms with E-state index >= 15 is 0 Å². The van der Waals surface area contributed by atoms with Crippen LogP contribution in [0.4, 0.5) is 4.79 Å². The third kappa shape index (κ3) is 8.13. The summed E-state index contributed by atoms with van der Waals surface area (Å²) in [5.74, 6) is -1.17. The topological polar surface area (TPSA) is 108 Å². The highest BCUT2D eigenvalue weighted by Gasteiger charge is 2.19. The Kier molecular flexibility index (Phi) is 9.95. The molecule has 0 bridgehead atoms. The zero-order chi connectivity index (χ0) is 16.3. The standard InChI is InChI=1S/C13H25N3O5/c1-4-16(5-2)11(17)6-8-14-13(20)15-10(12(18)19)7-9-21-3/h10H,4-9H2,1-3H3,(H,18,19)(H2,14,15,20). The van der Waals surface area contributed by atoms with Gasteiger partial charge in [-0.15, -0.1) is 0 Å². The van der Waals surface area contributed by atoms with Crippen LogP contribution >= 0.6 is 0 Å². The van der Waals surface area contributed by atoms with Gasteiger partial charge in [-0.1, -0.05) is 0 Å². The maximum absolute atomic E-state index is 11.7. The Balaban J connectivity index is 4.08. The minimum absolute atomic E-state index is 0.0468. The maximum Gasteiger partial charge on any atom is 0.326 e. The average Bonchev–Trinajstić information content (AvgIpc) is 2.44. The number of amides is 3. The monoisotopic (exact) mass is 303 g/mol. The van der Waals surface area contributed by atoms with Gasteiger partial charge in [-0.3, -0.25) is 4.79 Å². The second-order valence-electron chi connectivity index (χ2n) is 4.39. The van der Waals surface area contributed by atoms with Gasteiger partial charge >= 0.3 is 12.0 Å². The highest BCUT2D eigenvalue weighted by Crippen LogP contribution is 1.94. The summed E-state index contributed by atoms with van der Waals surface area (Å²) in [6, 6.07) is -1.62. The number of ether oxygens (including phenoxy) is 1. The lowest BCUT2D eigenvalue weighted by Gasteiger charge is -2.19. The molecule has 0 rings (SSSR count). The number of carbonyl (C=O) groups excluding carboxylic acids is 2. The summed E-state index contributed by atoms with van der Waals surface area (Å²) in [6.45, 7) is 5.42. The quantitative estimate of drug-likeness (QED) is 0.528. The molecule has 8 nitrogen and oxygen atoms in total. The minimum atomic E-state index is -1.12. The van der Waals surface area contributed by atoms with Gasteiger partial charge in [0.15, 0.2) is 0 Å². The van der Waals surface area contributed by atoms with Crippen molar-refractivity contribution in [3.63, 3.8) is 0 Å². The molecule has 3 N–H and O–H groups in total. The second-order valence-corrected chi connectivity index (χ2v) is 4.39. The second kappa shape index (κ2) is 10.9. The van der Waals surface area contributed by atoms with Crippen LogP contribution in [-0.2, 0) is 14.3 Å². The van der Waals surface area contributed by atoms with E-state index < -0.39 is 18.0 Å². The molecule has 0 aliphatic rings. The van der Waals surface area contributed by atoms with Crippen molar-refractivity contribution in [2.45, 2.75) is 32.7 Å². The van der Waals surface area contributed by atoms with E-state index in [1.165, 1.54) is 7.11 Å². The SMILES string of the molecule is CCN(CC)C(=O)CCNC(=O)NC(CCOC)C(=O)O. The summed E-state index contributed by atoms with van der Waals surface area (Å²) in [7, 11) is 1.46. The maximum atomic E-state index is 11.7. The zero-order valence-corrected chi connectivity index (χ0v) is 12.8. The van der Waals surface area contributed by atoms with Crippen molar-refractivity contribution in [3.8, 4) is 0 Å². The number of rotatable bonds is 10. The first kappa shape index (κ1) is 19.2. The van der Waals surface area contributed by atoms with Crippen molar-refractivity contribution in [2.24, 2.45) is 0 Å². The Morgan fingerprint density at radius 1 is 1.24 bits per heavy atom. The molecule has 0 spiro atoms. The van der Waals surface area contributed by atoms with Gasteiger partial charge in [0.05, 0.1) is 0 Å². The van der Waals surface area contributed by atoms with Crippen molar-refractivity contribution in [2.75, 3.05) is 33.4 Å². The van der Waals surface area contributed by atoms with Gasteiger partial charge in [0.2, 0.25) is 5.91 Å². The van der Waals surface area contributed by atoms with E-state index in [0.717, 1.165) is 0 Å². The average molecular weight is 303 g/mol. The number of nitrogens with zero attached hydrogens (tertiary/aromatic N) is 1. The molecule has 0 saturated heterocycles. The van der Waals surface area contributed by atoms with Gasteiger partial charge in [-0.25, -0.2) is 9.59 Å². The lowest BCUT2D eigenvalue weighted by molar-refractivity contribution is -0.139. The molecule has 0 heterocycles. The van der Waals surface area contributed by atoms with E-state index in [0.29, 0.717) is 13.1 Å². The number of methoxy groups -OCH3 is 1. The predicted octanol–water partition coefficient (Wildman–Crippen LogP) is 0.0338. The van der Waals surface area contributed by atoms with Gasteiger partial charge in [0, 0.05) is 46.2 Å². The predicted molar refractivity (Wildman–Crippen MR) is 77.0 cm³/mol. The third-order valence-corrected chi connectivity index (χ3v) is 2.95. The zero-order valence-electron chi connectivity index (χ0n) is 12.8. The number of carboxylic acid groups (broad SMARTS) is 1. The number of hydrogen-bond donors (Lipinski definition) is 3. The van der Waals surface area contributed by atoms with Gasteiger partial charge in [0.25, 0.3) is 0 Å². The van der Waals surface area contributed by atoms with Crippen molar-refractivity contribution < 1.29 is 24.2 Å².